The number of ether oxygens (including phenoxy) is 1. The fraction of sp³-hybridized carbons (Fsp3) is 0.385. The van der Waals surface area contributed by atoms with Crippen molar-refractivity contribution in [3.63, 3.8) is 0 Å². The van der Waals surface area contributed by atoms with Crippen molar-refractivity contribution in [3.8, 4) is 0 Å². The topological polar surface area (TPSA) is 46.6 Å². The van der Waals surface area contributed by atoms with E-state index in [4.69, 9.17) is 4.74 Å². The molecule has 0 unspecified atom stereocenters. The molecule has 1 aromatic rings. The van der Waals surface area contributed by atoms with Gasteiger partial charge in [0.05, 0.1) is 11.7 Å². The van der Waals surface area contributed by atoms with E-state index >= 15 is 0 Å². The van der Waals surface area contributed by atoms with E-state index in [1.165, 1.54) is 17.0 Å². The number of carbonyl (C=O) groups is 2. The van der Waals surface area contributed by atoms with Crippen molar-refractivity contribution in [3.05, 3.63) is 34.6 Å². The van der Waals surface area contributed by atoms with Crippen molar-refractivity contribution >= 4 is 12.4 Å². The fourth-order valence-electron chi connectivity index (χ4n) is 1.94. The fourth-order valence-corrected chi connectivity index (χ4v) is 1.94. The van der Waals surface area contributed by atoms with Gasteiger partial charge in [-0.1, -0.05) is 0 Å². The number of carbonyl (C=O) groups excluding carboxylic acids is 2. The van der Waals surface area contributed by atoms with Crippen molar-refractivity contribution in [1.29, 1.82) is 0 Å². The maximum atomic E-state index is 13.4. The minimum atomic E-state index is -0.553. The molecule has 1 aliphatic heterocycles. The van der Waals surface area contributed by atoms with E-state index in [0.717, 1.165) is 11.1 Å². The first-order chi connectivity index (χ1) is 8.51. The minimum Gasteiger partial charge on any atom is -0.447 e. The van der Waals surface area contributed by atoms with Crippen LogP contribution in [0.4, 0.5) is 9.18 Å². The number of amides is 1. The summed E-state index contributed by atoms with van der Waals surface area (Å²) in [6.07, 6.45) is -0.136. The normalized spacial score (nSPS) is 13.7. The summed E-state index contributed by atoms with van der Waals surface area (Å²) in [5.74, 6) is -0.553. The third-order valence-electron chi connectivity index (χ3n) is 2.76. The molecule has 0 aliphatic carbocycles. The first-order valence-electron chi connectivity index (χ1n) is 5.73. The molecule has 5 heteroatoms. The van der Waals surface area contributed by atoms with E-state index in [9.17, 15) is 14.0 Å². The average Bonchev–Trinajstić information content (AvgIpc) is 2.69. The SMILES string of the molecule is CC(C)OC(=O)N1Cc2cc(F)c(C=O)cc2C1. The van der Waals surface area contributed by atoms with Crippen LogP contribution in [-0.2, 0) is 17.8 Å². The summed E-state index contributed by atoms with van der Waals surface area (Å²) in [6.45, 7) is 4.20. The molecular formula is C13H14FNO3. The lowest BCUT2D eigenvalue weighted by Crippen LogP contribution is -2.28. The van der Waals surface area contributed by atoms with Crippen LogP contribution >= 0.6 is 0 Å². The third kappa shape index (κ3) is 2.34. The Morgan fingerprint density at radius 2 is 2.00 bits per heavy atom. The molecule has 1 aromatic carbocycles. The smallest absolute Gasteiger partial charge is 0.410 e. The number of rotatable bonds is 2. The van der Waals surface area contributed by atoms with Crippen molar-refractivity contribution in [2.24, 2.45) is 0 Å². The van der Waals surface area contributed by atoms with Crippen molar-refractivity contribution in [2.75, 3.05) is 0 Å². The van der Waals surface area contributed by atoms with Gasteiger partial charge < -0.3 is 4.74 Å². The van der Waals surface area contributed by atoms with E-state index in [2.05, 4.69) is 0 Å². The second-order valence-electron chi connectivity index (χ2n) is 4.55. The molecule has 0 atom stereocenters. The zero-order chi connectivity index (χ0) is 13.3. The van der Waals surface area contributed by atoms with Gasteiger partial charge in [0.1, 0.15) is 5.82 Å². The molecule has 96 valence electrons. The summed E-state index contributed by atoms with van der Waals surface area (Å²) in [7, 11) is 0. The van der Waals surface area contributed by atoms with E-state index in [1.807, 2.05) is 0 Å². The van der Waals surface area contributed by atoms with Crippen LogP contribution in [0.1, 0.15) is 35.3 Å². The monoisotopic (exact) mass is 251 g/mol. The van der Waals surface area contributed by atoms with Crippen LogP contribution < -0.4 is 0 Å². The molecule has 18 heavy (non-hydrogen) atoms. The van der Waals surface area contributed by atoms with E-state index in [1.54, 1.807) is 13.8 Å². The second-order valence-corrected chi connectivity index (χ2v) is 4.55. The van der Waals surface area contributed by atoms with E-state index < -0.39 is 11.9 Å². The second kappa shape index (κ2) is 4.76. The maximum Gasteiger partial charge on any atom is 0.410 e. The molecular weight excluding hydrogens is 237 g/mol. The Labute approximate surface area is 104 Å². The molecule has 2 rings (SSSR count). The number of nitrogens with zero attached hydrogens (tertiary/aromatic N) is 1. The molecule has 0 saturated carbocycles. The lowest BCUT2D eigenvalue weighted by Gasteiger charge is -2.17. The van der Waals surface area contributed by atoms with Gasteiger partial charge in [0.2, 0.25) is 0 Å². The quantitative estimate of drug-likeness (QED) is 0.759. The van der Waals surface area contributed by atoms with Gasteiger partial charge in [0.25, 0.3) is 0 Å². The number of hydrogen-bond donors (Lipinski definition) is 0. The van der Waals surface area contributed by atoms with Gasteiger partial charge in [0.15, 0.2) is 6.29 Å². The van der Waals surface area contributed by atoms with Gasteiger partial charge in [-0.25, -0.2) is 9.18 Å². The highest BCUT2D eigenvalue weighted by Gasteiger charge is 2.26. The van der Waals surface area contributed by atoms with Crippen LogP contribution in [0, 0.1) is 5.82 Å². The van der Waals surface area contributed by atoms with Crippen molar-refractivity contribution < 1.29 is 18.7 Å². The summed E-state index contributed by atoms with van der Waals surface area (Å²) in [6, 6.07) is 2.79. The lowest BCUT2D eigenvalue weighted by molar-refractivity contribution is 0.0760. The summed E-state index contributed by atoms with van der Waals surface area (Å²) in [5.41, 5.74) is 1.53. The number of benzene rings is 1. The summed E-state index contributed by atoms with van der Waals surface area (Å²) >= 11 is 0. The highest BCUT2D eigenvalue weighted by molar-refractivity contribution is 5.76. The number of hydrogen-bond acceptors (Lipinski definition) is 3. The molecule has 0 saturated heterocycles. The molecule has 1 aliphatic rings. The summed E-state index contributed by atoms with van der Waals surface area (Å²) in [5, 5.41) is 0. The molecule has 1 amide bonds. The summed E-state index contributed by atoms with van der Waals surface area (Å²) in [4.78, 5) is 23.8. The number of aldehydes is 1. The molecule has 0 N–H and O–H groups in total. The molecule has 4 nitrogen and oxygen atoms in total. The number of fused-ring (bicyclic) bond motifs is 1. The predicted octanol–water partition coefficient (Wildman–Crippen LogP) is 2.50. The molecule has 0 radical (unpaired) electrons. The van der Waals surface area contributed by atoms with Crippen LogP contribution in [0.2, 0.25) is 0 Å². The zero-order valence-corrected chi connectivity index (χ0v) is 10.3. The van der Waals surface area contributed by atoms with Crippen LogP contribution in [0.5, 0.6) is 0 Å². The molecule has 0 bridgehead atoms. The van der Waals surface area contributed by atoms with Gasteiger partial charge >= 0.3 is 6.09 Å². The van der Waals surface area contributed by atoms with Crippen LogP contribution in [0.15, 0.2) is 12.1 Å². The Morgan fingerprint density at radius 1 is 1.39 bits per heavy atom. The van der Waals surface area contributed by atoms with Crippen molar-refractivity contribution in [2.45, 2.75) is 33.0 Å². The molecule has 1 heterocycles. The van der Waals surface area contributed by atoms with Gasteiger partial charge in [0, 0.05) is 13.1 Å². The van der Waals surface area contributed by atoms with Gasteiger partial charge in [-0.05, 0) is 37.1 Å². The first-order valence-corrected chi connectivity index (χ1v) is 5.73. The minimum absolute atomic E-state index is 0.0211. The third-order valence-corrected chi connectivity index (χ3v) is 2.76. The van der Waals surface area contributed by atoms with Crippen LogP contribution in [0.3, 0.4) is 0 Å². The standard InChI is InChI=1S/C13H14FNO3/c1-8(2)18-13(17)15-5-9-3-11(7-16)12(14)4-10(9)6-15/h3-4,7-8H,5-6H2,1-2H3. The molecule has 0 fully saturated rings. The van der Waals surface area contributed by atoms with Crippen molar-refractivity contribution in [1.82, 2.24) is 4.90 Å². The predicted molar refractivity (Wildman–Crippen MR) is 62.7 cm³/mol. The maximum absolute atomic E-state index is 13.4. The van der Waals surface area contributed by atoms with Crippen LogP contribution in [-0.4, -0.2) is 23.4 Å². The van der Waals surface area contributed by atoms with E-state index in [0.29, 0.717) is 19.4 Å². The zero-order valence-electron chi connectivity index (χ0n) is 10.3. The number of halogens is 1. The largest absolute Gasteiger partial charge is 0.447 e. The molecule has 0 spiro atoms. The summed E-state index contributed by atoms with van der Waals surface area (Å²) < 4.78 is 18.5. The Kier molecular flexibility index (Phi) is 3.32. The van der Waals surface area contributed by atoms with E-state index in [-0.39, 0.29) is 11.7 Å². The average molecular weight is 251 g/mol. The molecule has 0 aromatic heterocycles. The lowest BCUT2D eigenvalue weighted by atomic mass is 10.1. The highest BCUT2D eigenvalue weighted by atomic mass is 19.1. The Hall–Kier alpha value is -1.91. The van der Waals surface area contributed by atoms with Gasteiger partial charge in [-0.2, -0.15) is 0 Å². The Morgan fingerprint density at radius 3 is 2.56 bits per heavy atom. The first kappa shape index (κ1) is 12.5. The Balaban J connectivity index is 2.17. The Bertz CT molecular complexity index is 499. The van der Waals surface area contributed by atoms with Gasteiger partial charge in [-0.3, -0.25) is 9.69 Å². The highest BCUT2D eigenvalue weighted by Crippen LogP contribution is 2.25. The van der Waals surface area contributed by atoms with Gasteiger partial charge in [-0.15, -0.1) is 0 Å². The van der Waals surface area contributed by atoms with Crippen LogP contribution in [0.25, 0.3) is 0 Å².